The number of hydrogen-bond acceptors (Lipinski definition) is 2. The zero-order valence-electron chi connectivity index (χ0n) is 10.4. The lowest BCUT2D eigenvalue weighted by atomic mass is 10.0. The quantitative estimate of drug-likeness (QED) is 0.704. The first-order valence-electron chi connectivity index (χ1n) is 5.73. The molecule has 90 valence electrons. The van der Waals surface area contributed by atoms with Gasteiger partial charge in [-0.25, -0.2) is 4.79 Å². The molecule has 0 aromatic carbocycles. The van der Waals surface area contributed by atoms with Crippen molar-refractivity contribution < 1.29 is 4.79 Å². The Balaban J connectivity index is 3.72. The fourth-order valence-corrected chi connectivity index (χ4v) is 1.14. The summed E-state index contributed by atoms with van der Waals surface area (Å²) in [4.78, 5) is 13.2. The van der Waals surface area contributed by atoms with Gasteiger partial charge in [-0.1, -0.05) is 20.8 Å². The third kappa shape index (κ3) is 6.33. The molecular weight excluding hydrogens is 190 g/mol. The van der Waals surface area contributed by atoms with Gasteiger partial charge in [-0.05, 0) is 18.8 Å². The van der Waals surface area contributed by atoms with E-state index in [2.05, 4.69) is 19.2 Å². The molecular formula is C11H25N3O. The predicted octanol–water partition coefficient (Wildman–Crippen LogP) is 1.41. The molecule has 0 rings (SSSR count). The van der Waals surface area contributed by atoms with Crippen LogP contribution in [0.4, 0.5) is 4.79 Å². The van der Waals surface area contributed by atoms with Gasteiger partial charge in [-0.2, -0.15) is 0 Å². The summed E-state index contributed by atoms with van der Waals surface area (Å²) in [5, 5.41) is 2.83. The van der Waals surface area contributed by atoms with Crippen LogP contribution in [0.3, 0.4) is 0 Å². The molecule has 2 amide bonds. The maximum atomic E-state index is 11.5. The summed E-state index contributed by atoms with van der Waals surface area (Å²) in [7, 11) is 1.80. The number of nitrogens with one attached hydrogen (secondary N) is 1. The van der Waals surface area contributed by atoms with Gasteiger partial charge in [0.15, 0.2) is 0 Å². The standard InChI is InChI=1S/C11H25N3O/c1-5-7-13-11(15)14(4)8-6-10(12)9(2)3/h9-10H,5-8,12H2,1-4H3,(H,13,15). The van der Waals surface area contributed by atoms with Crippen LogP contribution in [0.15, 0.2) is 0 Å². The van der Waals surface area contributed by atoms with Gasteiger partial charge in [-0.3, -0.25) is 0 Å². The average Bonchev–Trinajstić information content (AvgIpc) is 2.21. The first-order valence-corrected chi connectivity index (χ1v) is 5.73. The van der Waals surface area contributed by atoms with Gasteiger partial charge in [0.2, 0.25) is 0 Å². The summed E-state index contributed by atoms with van der Waals surface area (Å²) >= 11 is 0. The molecule has 4 heteroatoms. The Hall–Kier alpha value is -0.770. The maximum Gasteiger partial charge on any atom is 0.317 e. The van der Waals surface area contributed by atoms with Gasteiger partial charge in [0.25, 0.3) is 0 Å². The number of amides is 2. The van der Waals surface area contributed by atoms with Crippen LogP contribution in [0.5, 0.6) is 0 Å². The number of urea groups is 1. The van der Waals surface area contributed by atoms with Crippen molar-refractivity contribution in [3.05, 3.63) is 0 Å². The van der Waals surface area contributed by atoms with Crippen molar-refractivity contribution in [2.24, 2.45) is 11.7 Å². The van der Waals surface area contributed by atoms with Crippen LogP contribution < -0.4 is 11.1 Å². The molecule has 0 bridgehead atoms. The fraction of sp³-hybridized carbons (Fsp3) is 0.909. The smallest absolute Gasteiger partial charge is 0.317 e. The average molecular weight is 215 g/mol. The van der Waals surface area contributed by atoms with Crippen LogP contribution in [0.1, 0.15) is 33.6 Å². The van der Waals surface area contributed by atoms with Gasteiger partial charge in [0, 0.05) is 26.2 Å². The molecule has 1 unspecified atom stereocenters. The van der Waals surface area contributed by atoms with Crippen molar-refractivity contribution in [3.63, 3.8) is 0 Å². The molecule has 3 N–H and O–H groups in total. The summed E-state index contributed by atoms with van der Waals surface area (Å²) < 4.78 is 0. The molecule has 0 aliphatic heterocycles. The second-order valence-corrected chi connectivity index (χ2v) is 4.35. The van der Waals surface area contributed by atoms with E-state index in [9.17, 15) is 4.79 Å². The Morgan fingerprint density at radius 3 is 2.53 bits per heavy atom. The number of nitrogens with zero attached hydrogens (tertiary/aromatic N) is 1. The summed E-state index contributed by atoms with van der Waals surface area (Å²) in [5.41, 5.74) is 5.91. The summed E-state index contributed by atoms with van der Waals surface area (Å²) in [6.45, 7) is 7.69. The SMILES string of the molecule is CCCNC(=O)N(C)CCC(N)C(C)C. The molecule has 0 aliphatic rings. The highest BCUT2D eigenvalue weighted by molar-refractivity contribution is 5.73. The molecule has 0 aromatic rings. The maximum absolute atomic E-state index is 11.5. The second-order valence-electron chi connectivity index (χ2n) is 4.35. The summed E-state index contributed by atoms with van der Waals surface area (Å²) in [6, 6.07) is 0.166. The van der Waals surface area contributed by atoms with Gasteiger partial charge in [0.05, 0.1) is 0 Å². The minimum Gasteiger partial charge on any atom is -0.338 e. The fourth-order valence-electron chi connectivity index (χ4n) is 1.14. The minimum absolute atomic E-state index is 0.00666. The summed E-state index contributed by atoms with van der Waals surface area (Å²) in [6.07, 6.45) is 1.82. The molecule has 15 heavy (non-hydrogen) atoms. The van der Waals surface area contributed by atoms with E-state index in [4.69, 9.17) is 5.73 Å². The number of carbonyl (C=O) groups excluding carboxylic acids is 1. The first kappa shape index (κ1) is 14.2. The Labute approximate surface area is 93.2 Å². The van der Waals surface area contributed by atoms with E-state index in [1.54, 1.807) is 11.9 Å². The molecule has 0 radical (unpaired) electrons. The van der Waals surface area contributed by atoms with Crippen LogP contribution in [-0.2, 0) is 0 Å². The Bertz CT molecular complexity index is 183. The molecule has 0 spiro atoms. The van der Waals surface area contributed by atoms with Crippen molar-refractivity contribution in [1.82, 2.24) is 10.2 Å². The highest BCUT2D eigenvalue weighted by Gasteiger charge is 2.11. The van der Waals surface area contributed by atoms with Gasteiger partial charge in [-0.15, -0.1) is 0 Å². The van der Waals surface area contributed by atoms with Crippen molar-refractivity contribution in [1.29, 1.82) is 0 Å². The van der Waals surface area contributed by atoms with Crippen molar-refractivity contribution in [3.8, 4) is 0 Å². The monoisotopic (exact) mass is 215 g/mol. The van der Waals surface area contributed by atoms with Gasteiger partial charge in [0.1, 0.15) is 0 Å². The third-order valence-corrected chi connectivity index (χ3v) is 2.53. The lowest BCUT2D eigenvalue weighted by Crippen LogP contribution is -2.40. The van der Waals surface area contributed by atoms with E-state index < -0.39 is 0 Å². The molecule has 0 heterocycles. The lowest BCUT2D eigenvalue weighted by molar-refractivity contribution is 0.206. The molecule has 0 saturated carbocycles. The largest absolute Gasteiger partial charge is 0.338 e. The molecule has 0 aromatic heterocycles. The molecule has 0 fully saturated rings. The van der Waals surface area contributed by atoms with Gasteiger partial charge < -0.3 is 16.0 Å². The molecule has 0 aliphatic carbocycles. The zero-order chi connectivity index (χ0) is 11.8. The third-order valence-electron chi connectivity index (χ3n) is 2.53. The minimum atomic E-state index is -0.00666. The van der Waals surface area contributed by atoms with Gasteiger partial charge >= 0.3 is 6.03 Å². The van der Waals surface area contributed by atoms with E-state index in [0.717, 1.165) is 25.9 Å². The Morgan fingerprint density at radius 1 is 1.47 bits per heavy atom. The number of nitrogens with two attached hydrogens (primary N) is 1. The molecule has 4 nitrogen and oxygen atoms in total. The molecule has 0 saturated heterocycles. The number of rotatable bonds is 6. The van der Waals surface area contributed by atoms with E-state index in [0.29, 0.717) is 5.92 Å². The first-order chi connectivity index (χ1) is 6.99. The van der Waals surface area contributed by atoms with Crippen molar-refractivity contribution in [2.45, 2.75) is 39.7 Å². The van der Waals surface area contributed by atoms with E-state index in [1.165, 1.54) is 0 Å². The highest BCUT2D eigenvalue weighted by Crippen LogP contribution is 2.03. The van der Waals surface area contributed by atoms with Crippen LogP contribution in [0, 0.1) is 5.92 Å². The summed E-state index contributed by atoms with van der Waals surface area (Å²) in [5.74, 6) is 0.470. The predicted molar refractivity (Wildman–Crippen MR) is 63.8 cm³/mol. The van der Waals surface area contributed by atoms with E-state index in [-0.39, 0.29) is 12.1 Å². The molecule has 1 atom stereocenters. The number of carbonyl (C=O) groups is 1. The normalized spacial score (nSPS) is 12.7. The Morgan fingerprint density at radius 2 is 2.07 bits per heavy atom. The second kappa shape index (κ2) is 7.51. The Kier molecular flexibility index (Phi) is 7.13. The van der Waals surface area contributed by atoms with Crippen LogP contribution in [0.25, 0.3) is 0 Å². The van der Waals surface area contributed by atoms with Crippen molar-refractivity contribution >= 4 is 6.03 Å². The van der Waals surface area contributed by atoms with Crippen LogP contribution >= 0.6 is 0 Å². The topological polar surface area (TPSA) is 58.4 Å². The van der Waals surface area contributed by atoms with Crippen LogP contribution in [-0.4, -0.2) is 37.1 Å². The van der Waals surface area contributed by atoms with Crippen LogP contribution in [0.2, 0.25) is 0 Å². The highest BCUT2D eigenvalue weighted by atomic mass is 16.2. The van der Waals surface area contributed by atoms with Crippen molar-refractivity contribution in [2.75, 3.05) is 20.1 Å². The number of hydrogen-bond donors (Lipinski definition) is 2. The van der Waals surface area contributed by atoms with E-state index >= 15 is 0 Å². The lowest BCUT2D eigenvalue weighted by Gasteiger charge is -2.21. The van der Waals surface area contributed by atoms with E-state index in [1.807, 2.05) is 6.92 Å². The zero-order valence-corrected chi connectivity index (χ0v) is 10.4.